The summed E-state index contributed by atoms with van der Waals surface area (Å²) >= 11 is 1.78. The maximum atomic E-state index is 8.94. The fourth-order valence-corrected chi connectivity index (χ4v) is 2.91. The number of thiophene rings is 1. The van der Waals surface area contributed by atoms with E-state index in [2.05, 4.69) is 59.0 Å². The van der Waals surface area contributed by atoms with Crippen molar-refractivity contribution in [1.82, 2.24) is 5.43 Å². The van der Waals surface area contributed by atoms with E-state index in [-0.39, 0.29) is 0 Å². The molecular weight excluding hydrogens is 294 g/mol. The molecule has 1 aliphatic carbocycles. The largest absolute Gasteiger partial charge is 0.388 e. The molecule has 4 N–H and O–H groups in total. The van der Waals surface area contributed by atoms with Crippen molar-refractivity contribution in [1.29, 1.82) is 0 Å². The first-order valence-electron chi connectivity index (χ1n) is 7.22. The minimum Gasteiger partial charge on any atom is -0.388 e. The Labute approximate surface area is 135 Å². The van der Waals surface area contributed by atoms with Gasteiger partial charge < -0.3 is 5.32 Å². The van der Waals surface area contributed by atoms with Crippen LogP contribution in [-0.2, 0) is 4.79 Å². The van der Waals surface area contributed by atoms with Crippen molar-refractivity contribution in [3.05, 3.63) is 51.7 Å². The van der Waals surface area contributed by atoms with Gasteiger partial charge in [-0.2, -0.15) is 0 Å². The molecule has 0 saturated heterocycles. The Morgan fingerprint density at radius 3 is 2.55 bits per heavy atom. The summed E-state index contributed by atoms with van der Waals surface area (Å²) in [6.07, 6.45) is 7.55. The Kier molecular flexibility index (Phi) is 6.18. The van der Waals surface area contributed by atoms with Crippen molar-refractivity contribution in [2.24, 2.45) is 5.84 Å². The number of hydrogen-bond donors (Lipinski definition) is 3. The van der Waals surface area contributed by atoms with E-state index in [0.29, 0.717) is 6.41 Å². The predicted octanol–water partition coefficient (Wildman–Crippen LogP) is 3.44. The normalized spacial score (nSPS) is 13.4. The Bertz CT molecular complexity index is 619. The summed E-state index contributed by atoms with van der Waals surface area (Å²) in [5.74, 6) is 5.19. The number of nitrogens with two attached hydrogens (primary N) is 1. The highest BCUT2D eigenvalue weighted by atomic mass is 32.1. The summed E-state index contributed by atoms with van der Waals surface area (Å²) in [5.41, 5.74) is 5.83. The Morgan fingerprint density at radius 1 is 1.23 bits per heavy atom. The molecule has 1 amide bonds. The summed E-state index contributed by atoms with van der Waals surface area (Å²) in [7, 11) is 1.99. The summed E-state index contributed by atoms with van der Waals surface area (Å²) < 4.78 is 0. The van der Waals surface area contributed by atoms with Crippen molar-refractivity contribution < 1.29 is 4.79 Å². The lowest BCUT2D eigenvalue weighted by Gasteiger charge is -2.10. The number of nitrogens with one attached hydrogen (secondary N) is 2. The van der Waals surface area contributed by atoms with Gasteiger partial charge in [0.25, 0.3) is 0 Å². The molecule has 0 radical (unpaired) electrons. The van der Waals surface area contributed by atoms with E-state index in [4.69, 9.17) is 4.79 Å². The van der Waals surface area contributed by atoms with Crippen LogP contribution in [0.2, 0.25) is 0 Å². The fraction of sp³-hybridized carbons (Fsp3) is 0.235. The molecule has 22 heavy (non-hydrogen) atoms. The number of hydrogen-bond acceptors (Lipinski definition) is 4. The van der Waals surface area contributed by atoms with Gasteiger partial charge in [0, 0.05) is 23.2 Å². The Balaban J connectivity index is 0.000000396. The van der Waals surface area contributed by atoms with E-state index in [0.717, 1.165) is 5.92 Å². The predicted molar refractivity (Wildman–Crippen MR) is 94.6 cm³/mol. The Hall–Kier alpha value is -2.11. The molecule has 1 heterocycles. The molecule has 2 aromatic rings. The van der Waals surface area contributed by atoms with Crippen LogP contribution in [0.4, 0.5) is 5.69 Å². The molecular formula is C17H21N3OS. The molecule has 0 unspecified atom stereocenters. The minimum absolute atomic E-state index is 0.403. The molecule has 0 bridgehead atoms. The Morgan fingerprint density at radius 2 is 2.00 bits per heavy atom. The fourth-order valence-electron chi connectivity index (χ4n) is 2.29. The van der Waals surface area contributed by atoms with Crippen LogP contribution in [0.15, 0.2) is 35.7 Å². The maximum absolute atomic E-state index is 8.94. The van der Waals surface area contributed by atoms with Gasteiger partial charge in [-0.15, -0.1) is 11.3 Å². The summed E-state index contributed by atoms with van der Waals surface area (Å²) in [4.78, 5) is 10.2. The first-order valence-corrected chi connectivity index (χ1v) is 8.10. The van der Waals surface area contributed by atoms with E-state index < -0.39 is 0 Å². The molecule has 0 spiro atoms. The first-order chi connectivity index (χ1) is 10.8. The zero-order valence-electron chi connectivity index (χ0n) is 12.6. The summed E-state index contributed by atoms with van der Waals surface area (Å²) in [5, 5.41) is 5.42. The van der Waals surface area contributed by atoms with E-state index >= 15 is 0 Å². The second-order valence-corrected chi connectivity index (χ2v) is 5.95. The topological polar surface area (TPSA) is 67.2 Å². The lowest BCUT2D eigenvalue weighted by Crippen LogP contribution is -2.18. The first kappa shape index (κ1) is 16.3. The minimum atomic E-state index is 0.403. The molecule has 0 atom stereocenters. The monoisotopic (exact) mass is 315 g/mol. The third-order valence-corrected chi connectivity index (χ3v) is 4.29. The number of carbonyl (C=O) groups excluding carboxylic acids is 1. The van der Waals surface area contributed by atoms with Crippen molar-refractivity contribution in [3.8, 4) is 0 Å². The highest BCUT2D eigenvalue weighted by Crippen LogP contribution is 2.43. The van der Waals surface area contributed by atoms with Crippen molar-refractivity contribution >= 4 is 35.6 Å². The molecule has 0 aliphatic heterocycles. The van der Waals surface area contributed by atoms with E-state index in [1.54, 1.807) is 16.8 Å². The van der Waals surface area contributed by atoms with Gasteiger partial charge in [-0.05, 0) is 47.9 Å². The molecule has 1 aromatic heterocycles. The maximum Gasteiger partial charge on any atom is 0.221 e. The number of carbonyl (C=O) groups is 1. The smallest absolute Gasteiger partial charge is 0.221 e. The van der Waals surface area contributed by atoms with E-state index in [1.165, 1.54) is 34.5 Å². The van der Waals surface area contributed by atoms with Gasteiger partial charge in [0.1, 0.15) is 0 Å². The van der Waals surface area contributed by atoms with Crippen LogP contribution in [0.5, 0.6) is 0 Å². The number of amides is 1. The second kappa shape index (κ2) is 8.36. The number of benzene rings is 1. The zero-order valence-corrected chi connectivity index (χ0v) is 13.4. The zero-order chi connectivity index (χ0) is 15.8. The summed E-state index contributed by atoms with van der Waals surface area (Å²) in [6.45, 7) is 0. The molecule has 4 nitrogen and oxygen atoms in total. The van der Waals surface area contributed by atoms with Gasteiger partial charge in [0.05, 0.1) is 0 Å². The van der Waals surface area contributed by atoms with Gasteiger partial charge in [-0.1, -0.05) is 24.3 Å². The molecule has 1 aliphatic rings. The average Bonchev–Trinajstić information content (AvgIpc) is 3.28. The van der Waals surface area contributed by atoms with Crippen LogP contribution >= 0.6 is 11.3 Å². The number of anilines is 1. The van der Waals surface area contributed by atoms with Crippen LogP contribution < -0.4 is 16.6 Å². The van der Waals surface area contributed by atoms with Crippen molar-refractivity contribution in [2.75, 3.05) is 12.4 Å². The van der Waals surface area contributed by atoms with E-state index in [1.807, 2.05) is 7.05 Å². The number of hydrazine groups is 1. The van der Waals surface area contributed by atoms with Crippen molar-refractivity contribution in [2.45, 2.75) is 18.8 Å². The second-order valence-electron chi connectivity index (χ2n) is 4.97. The SMILES string of the molecule is CNc1cccc(C2CC2)c1/C=C/c1cccs1.NNC=O. The number of rotatable bonds is 5. The lowest BCUT2D eigenvalue weighted by molar-refractivity contribution is -0.109. The van der Waals surface area contributed by atoms with Gasteiger partial charge >= 0.3 is 0 Å². The quantitative estimate of drug-likeness (QED) is 0.343. The molecule has 3 rings (SSSR count). The summed E-state index contributed by atoms with van der Waals surface area (Å²) in [6, 6.07) is 10.8. The van der Waals surface area contributed by atoms with Crippen LogP contribution in [0.3, 0.4) is 0 Å². The average molecular weight is 315 g/mol. The standard InChI is InChI=1S/C16H17NS.CH4N2O/c1-17-16-6-2-5-14(12-7-8-12)15(16)10-9-13-4-3-11-18-13;2-3-1-4/h2-6,9-12,17H,7-8H2,1H3;1H,2H2,(H,3,4)/b10-9+;. The van der Waals surface area contributed by atoms with Crippen LogP contribution in [0, 0.1) is 0 Å². The lowest BCUT2D eigenvalue weighted by atomic mass is 10.0. The van der Waals surface area contributed by atoms with Crippen LogP contribution in [0.25, 0.3) is 12.2 Å². The van der Waals surface area contributed by atoms with Crippen LogP contribution in [0.1, 0.15) is 34.8 Å². The molecule has 5 heteroatoms. The van der Waals surface area contributed by atoms with E-state index in [9.17, 15) is 0 Å². The van der Waals surface area contributed by atoms with Crippen LogP contribution in [-0.4, -0.2) is 13.5 Å². The molecule has 116 valence electrons. The van der Waals surface area contributed by atoms with Crippen molar-refractivity contribution in [3.63, 3.8) is 0 Å². The highest BCUT2D eigenvalue weighted by molar-refractivity contribution is 7.10. The molecule has 1 fully saturated rings. The van der Waals surface area contributed by atoms with Gasteiger partial charge in [-0.25, -0.2) is 5.84 Å². The third-order valence-electron chi connectivity index (χ3n) is 3.45. The molecule has 1 saturated carbocycles. The van der Waals surface area contributed by atoms with Gasteiger partial charge in [0.2, 0.25) is 6.41 Å². The molecule has 1 aromatic carbocycles. The third kappa shape index (κ3) is 4.44. The highest BCUT2D eigenvalue weighted by Gasteiger charge is 2.26. The van der Waals surface area contributed by atoms with Gasteiger partial charge in [-0.3, -0.25) is 10.2 Å². The van der Waals surface area contributed by atoms with Gasteiger partial charge in [0.15, 0.2) is 0 Å².